The quantitative estimate of drug-likeness (QED) is 0.609. The first-order chi connectivity index (χ1) is 6.59. The van der Waals surface area contributed by atoms with Gasteiger partial charge in [-0.2, -0.15) is 0 Å². The molecule has 0 aromatic carbocycles. The lowest BCUT2D eigenvalue weighted by atomic mass is 9.89. The normalized spacial score (nSPS) is 10.8. The van der Waals surface area contributed by atoms with Gasteiger partial charge in [-0.1, -0.05) is 0 Å². The molecule has 0 unspecified atom stereocenters. The smallest absolute Gasteiger partial charge is 0.423 e. The molecule has 2 heterocycles. The molecule has 2 N–H and O–H groups in total. The van der Waals surface area contributed by atoms with Crippen molar-refractivity contribution in [3.8, 4) is 0 Å². The number of hydrogen-bond acceptors (Lipinski definition) is 4. The van der Waals surface area contributed by atoms with Crippen LogP contribution in [0.1, 0.15) is 0 Å². The Bertz CT molecular complexity index is 531. The molecular weight excluding hydrogens is 201 g/mol. The van der Waals surface area contributed by atoms with Gasteiger partial charge in [0, 0.05) is 18.0 Å². The van der Waals surface area contributed by atoms with Crippen molar-refractivity contribution in [3.63, 3.8) is 0 Å². The second-order valence-electron chi connectivity index (χ2n) is 3.04. The van der Waals surface area contributed by atoms with Gasteiger partial charge < -0.3 is 14.6 Å². The highest BCUT2D eigenvalue weighted by molar-refractivity contribution is 7.27. The molecule has 2 aromatic heterocycles. The minimum absolute atomic E-state index is 0.112. The third-order valence-corrected chi connectivity index (χ3v) is 3.21. The van der Waals surface area contributed by atoms with E-state index in [-0.39, 0.29) is 5.56 Å². The maximum Gasteiger partial charge on any atom is 0.499 e. The van der Waals surface area contributed by atoms with Crippen LogP contribution in [0.3, 0.4) is 0 Å². The van der Waals surface area contributed by atoms with Crippen molar-refractivity contribution in [2.45, 2.75) is 0 Å². The molecule has 72 valence electrons. The molecule has 0 aliphatic heterocycles. The second-order valence-corrected chi connectivity index (χ2v) is 4.12. The van der Waals surface area contributed by atoms with E-state index in [9.17, 15) is 4.79 Å². The Kier molecular flexibility index (Phi) is 2.18. The molecule has 0 aliphatic rings. The Morgan fingerprint density at radius 3 is 2.86 bits per heavy atom. The van der Waals surface area contributed by atoms with E-state index in [2.05, 4.69) is 0 Å². The van der Waals surface area contributed by atoms with Crippen LogP contribution in [0.5, 0.6) is 0 Å². The number of aromatic nitrogens is 1. The number of thiophene rings is 1. The van der Waals surface area contributed by atoms with Crippen LogP contribution in [0.4, 0.5) is 0 Å². The number of rotatable bonds is 1. The monoisotopic (exact) mass is 209 g/mol. The van der Waals surface area contributed by atoms with Crippen molar-refractivity contribution in [3.05, 3.63) is 28.7 Å². The predicted octanol–water partition coefficient (Wildman–Crippen LogP) is -0.720. The number of hydrogen-bond donors (Lipinski definition) is 2. The summed E-state index contributed by atoms with van der Waals surface area (Å²) in [4.78, 5) is 11.6. The summed E-state index contributed by atoms with van der Waals surface area (Å²) in [6.07, 6.45) is 1.66. The van der Waals surface area contributed by atoms with Gasteiger partial charge in [0.1, 0.15) is 0 Å². The van der Waals surface area contributed by atoms with Gasteiger partial charge in [-0.3, -0.25) is 4.79 Å². The third-order valence-electron chi connectivity index (χ3n) is 2.03. The average Bonchev–Trinajstić information content (AvgIpc) is 2.56. The zero-order valence-corrected chi connectivity index (χ0v) is 8.28. The molecule has 0 saturated heterocycles. The number of pyridine rings is 1. The topological polar surface area (TPSA) is 62.5 Å². The van der Waals surface area contributed by atoms with Gasteiger partial charge in [-0.05, 0) is 17.5 Å². The van der Waals surface area contributed by atoms with Gasteiger partial charge in [-0.15, -0.1) is 11.3 Å². The first kappa shape index (κ1) is 9.45. The second kappa shape index (κ2) is 3.23. The molecule has 0 atom stereocenters. The zero-order valence-electron chi connectivity index (χ0n) is 7.47. The van der Waals surface area contributed by atoms with Crippen LogP contribution in [-0.4, -0.2) is 21.7 Å². The number of nitrogens with zero attached hydrogens (tertiary/aromatic N) is 1. The summed E-state index contributed by atoms with van der Waals surface area (Å²) in [5, 5.41) is 18.6. The lowest BCUT2D eigenvalue weighted by molar-refractivity contribution is 0.427. The minimum atomic E-state index is -1.50. The van der Waals surface area contributed by atoms with E-state index >= 15 is 0 Å². The molecule has 0 radical (unpaired) electrons. The molecule has 0 spiro atoms. The van der Waals surface area contributed by atoms with Crippen LogP contribution in [0.2, 0.25) is 0 Å². The molecule has 0 amide bonds. The number of aryl methyl sites for hydroxylation is 1. The molecule has 2 rings (SSSR count). The van der Waals surface area contributed by atoms with E-state index in [0.717, 1.165) is 16.7 Å². The third kappa shape index (κ3) is 1.37. The van der Waals surface area contributed by atoms with Gasteiger partial charge in [0.2, 0.25) is 0 Å². The van der Waals surface area contributed by atoms with Crippen molar-refractivity contribution in [2.75, 3.05) is 0 Å². The average molecular weight is 209 g/mol. The highest BCUT2D eigenvalue weighted by Crippen LogP contribution is 2.14. The fraction of sp³-hybridized carbons (Fsp3) is 0.125. The molecule has 0 fully saturated rings. The van der Waals surface area contributed by atoms with Crippen molar-refractivity contribution in [1.29, 1.82) is 0 Å². The van der Waals surface area contributed by atoms with E-state index < -0.39 is 7.12 Å². The Morgan fingerprint density at radius 1 is 1.50 bits per heavy atom. The first-order valence-electron chi connectivity index (χ1n) is 4.05. The maximum absolute atomic E-state index is 11.6. The molecule has 6 heteroatoms. The van der Waals surface area contributed by atoms with Gasteiger partial charge >= 0.3 is 7.12 Å². The predicted molar refractivity (Wildman–Crippen MR) is 56.9 cm³/mol. The molecule has 0 aliphatic carbocycles. The minimum Gasteiger partial charge on any atom is -0.423 e. The molecule has 4 nitrogen and oxygen atoms in total. The van der Waals surface area contributed by atoms with Crippen molar-refractivity contribution >= 4 is 33.3 Å². The van der Waals surface area contributed by atoms with Gasteiger partial charge in [0.05, 0.1) is 4.70 Å². The summed E-state index contributed by atoms with van der Waals surface area (Å²) >= 11 is 1.11. The Labute approximate surface area is 84.2 Å². The van der Waals surface area contributed by atoms with E-state index in [1.165, 1.54) is 4.57 Å². The van der Waals surface area contributed by atoms with Crippen LogP contribution < -0.4 is 10.3 Å². The van der Waals surface area contributed by atoms with Gasteiger partial charge in [-0.25, -0.2) is 0 Å². The first-order valence-corrected chi connectivity index (χ1v) is 4.86. The van der Waals surface area contributed by atoms with Crippen LogP contribution in [0, 0.1) is 0 Å². The fourth-order valence-electron chi connectivity index (χ4n) is 1.26. The van der Waals surface area contributed by atoms with Gasteiger partial charge in [0.15, 0.2) is 0 Å². The largest absolute Gasteiger partial charge is 0.499 e. The Morgan fingerprint density at radius 2 is 2.21 bits per heavy atom. The van der Waals surface area contributed by atoms with Crippen LogP contribution in [0.15, 0.2) is 23.1 Å². The maximum atomic E-state index is 11.6. The van der Waals surface area contributed by atoms with Crippen molar-refractivity contribution in [2.24, 2.45) is 7.05 Å². The standard InChI is InChI=1S/C8H8BNO3S/c1-10-3-2-5-4-6(9(12)13)14-7(5)8(10)11/h2-4,12-13H,1H3. The molecule has 0 saturated carbocycles. The fourth-order valence-corrected chi connectivity index (χ4v) is 2.27. The summed E-state index contributed by atoms with van der Waals surface area (Å²) in [7, 11) is 0.161. The van der Waals surface area contributed by atoms with Crippen molar-refractivity contribution < 1.29 is 10.0 Å². The lowest BCUT2D eigenvalue weighted by Gasteiger charge is -1.94. The molecule has 14 heavy (non-hydrogen) atoms. The molecule has 0 bridgehead atoms. The van der Waals surface area contributed by atoms with Crippen LogP contribution >= 0.6 is 11.3 Å². The van der Waals surface area contributed by atoms with E-state index in [1.54, 1.807) is 25.4 Å². The summed E-state index contributed by atoms with van der Waals surface area (Å²) in [6, 6.07) is 3.39. The summed E-state index contributed by atoms with van der Waals surface area (Å²) < 4.78 is 2.41. The van der Waals surface area contributed by atoms with Crippen LogP contribution in [0.25, 0.3) is 10.1 Å². The number of fused-ring (bicyclic) bond motifs is 1. The molecular formula is C8H8BNO3S. The Balaban J connectivity index is 2.78. The van der Waals surface area contributed by atoms with Crippen LogP contribution in [-0.2, 0) is 7.05 Å². The highest BCUT2D eigenvalue weighted by Gasteiger charge is 2.15. The van der Waals surface area contributed by atoms with E-state index in [0.29, 0.717) is 9.48 Å². The summed E-state index contributed by atoms with van der Waals surface area (Å²) in [5.41, 5.74) is -0.112. The summed E-state index contributed by atoms with van der Waals surface area (Å²) in [5.74, 6) is 0. The highest BCUT2D eigenvalue weighted by atomic mass is 32.1. The van der Waals surface area contributed by atoms with E-state index in [1.807, 2.05) is 0 Å². The SMILES string of the molecule is Cn1ccc2cc(B(O)O)sc2c1=O. The van der Waals surface area contributed by atoms with Gasteiger partial charge in [0.25, 0.3) is 5.56 Å². The summed E-state index contributed by atoms with van der Waals surface area (Å²) in [6.45, 7) is 0. The lowest BCUT2D eigenvalue weighted by Crippen LogP contribution is -2.26. The van der Waals surface area contributed by atoms with Crippen molar-refractivity contribution in [1.82, 2.24) is 4.57 Å². The Hall–Kier alpha value is -1.11. The molecule has 2 aromatic rings. The zero-order chi connectivity index (χ0) is 10.3. The van der Waals surface area contributed by atoms with E-state index in [4.69, 9.17) is 10.0 Å².